The highest BCUT2D eigenvalue weighted by Crippen LogP contribution is 2.21. The minimum atomic E-state index is -0.460. The van der Waals surface area contributed by atoms with Gasteiger partial charge >= 0.3 is 0 Å². The Morgan fingerprint density at radius 2 is 2.64 bits per heavy atom. The molecule has 1 unspecified atom stereocenters. The van der Waals surface area contributed by atoms with Crippen LogP contribution in [0, 0.1) is 0 Å². The van der Waals surface area contributed by atoms with Crippen molar-refractivity contribution in [3.8, 4) is 0 Å². The highest BCUT2D eigenvalue weighted by molar-refractivity contribution is 5.32. The molecule has 3 heteroatoms. The van der Waals surface area contributed by atoms with E-state index >= 15 is 0 Å². The molecule has 2 nitrogen and oxygen atoms in total. The normalized spacial score (nSPS) is 21.2. The first kappa shape index (κ1) is 10.8. The standard InChI is InChI=1S/C11H13FO2/c1-3-11(12)8(2)4-9-5-10(6-13)14-7-9/h4,7,10,13H,1,5-6H2,2H3/b8-4-. The fraction of sp³-hybridized carbons (Fsp3) is 0.364. The van der Waals surface area contributed by atoms with Crippen molar-refractivity contribution in [1.29, 1.82) is 0 Å². The van der Waals surface area contributed by atoms with E-state index in [-0.39, 0.29) is 12.7 Å². The van der Waals surface area contributed by atoms with Gasteiger partial charge in [-0.1, -0.05) is 12.3 Å². The number of allylic oxidation sites excluding steroid dienone is 3. The summed E-state index contributed by atoms with van der Waals surface area (Å²) >= 11 is 0. The number of rotatable bonds is 3. The number of halogens is 1. The molecule has 76 valence electrons. The van der Waals surface area contributed by atoms with Crippen LogP contribution in [0.4, 0.5) is 4.39 Å². The summed E-state index contributed by atoms with van der Waals surface area (Å²) in [6.45, 7) is 4.84. The van der Waals surface area contributed by atoms with Crippen LogP contribution >= 0.6 is 0 Å². The molecule has 14 heavy (non-hydrogen) atoms. The van der Waals surface area contributed by atoms with E-state index in [1.54, 1.807) is 19.3 Å². The van der Waals surface area contributed by atoms with Crippen molar-refractivity contribution in [3.05, 3.63) is 41.6 Å². The van der Waals surface area contributed by atoms with E-state index < -0.39 is 5.83 Å². The molecule has 0 spiro atoms. The molecule has 0 saturated carbocycles. The summed E-state index contributed by atoms with van der Waals surface area (Å²) in [4.78, 5) is 0. The second kappa shape index (κ2) is 4.80. The Hall–Kier alpha value is -1.31. The van der Waals surface area contributed by atoms with Gasteiger partial charge in [-0.05, 0) is 24.1 Å². The summed E-state index contributed by atoms with van der Waals surface area (Å²) in [5.74, 6) is -0.460. The molecule has 0 aromatic carbocycles. The molecule has 0 saturated heterocycles. The SMILES string of the molecule is C=C=C(F)/C(C)=C\C1=COC(CO)C1. The maximum atomic E-state index is 12.9. The van der Waals surface area contributed by atoms with Gasteiger partial charge in [-0.25, -0.2) is 0 Å². The highest BCUT2D eigenvalue weighted by atomic mass is 19.1. The van der Waals surface area contributed by atoms with Gasteiger partial charge in [-0.3, -0.25) is 0 Å². The van der Waals surface area contributed by atoms with E-state index in [0.717, 1.165) is 5.57 Å². The van der Waals surface area contributed by atoms with Gasteiger partial charge in [0.15, 0.2) is 5.83 Å². The molecule has 1 aliphatic heterocycles. The van der Waals surface area contributed by atoms with E-state index in [1.165, 1.54) is 0 Å². The lowest BCUT2D eigenvalue weighted by Gasteiger charge is -2.03. The van der Waals surface area contributed by atoms with Crippen LogP contribution in [0.25, 0.3) is 0 Å². The maximum absolute atomic E-state index is 12.9. The summed E-state index contributed by atoms with van der Waals surface area (Å²) in [5.41, 5.74) is 3.51. The van der Waals surface area contributed by atoms with Crippen LogP contribution in [0.2, 0.25) is 0 Å². The third-order valence-corrected chi connectivity index (χ3v) is 1.98. The molecule has 1 rings (SSSR count). The van der Waals surface area contributed by atoms with Crippen molar-refractivity contribution < 1.29 is 14.2 Å². The van der Waals surface area contributed by atoms with Gasteiger partial charge in [0.1, 0.15) is 6.10 Å². The lowest BCUT2D eigenvalue weighted by Crippen LogP contribution is -2.09. The first-order chi connectivity index (χ1) is 6.67. The zero-order valence-corrected chi connectivity index (χ0v) is 8.09. The van der Waals surface area contributed by atoms with Crippen LogP contribution in [0.1, 0.15) is 13.3 Å². The molecule has 0 bridgehead atoms. The summed E-state index contributed by atoms with van der Waals surface area (Å²) in [6.07, 6.45) is 3.63. The second-order valence-electron chi connectivity index (χ2n) is 3.16. The fourth-order valence-electron chi connectivity index (χ4n) is 1.22. The van der Waals surface area contributed by atoms with Gasteiger partial charge in [0.2, 0.25) is 0 Å². The molecule has 1 aliphatic rings. The van der Waals surface area contributed by atoms with Gasteiger partial charge < -0.3 is 9.84 Å². The molecule has 0 aromatic heterocycles. The number of aliphatic hydroxyl groups is 1. The Kier molecular flexibility index (Phi) is 3.69. The van der Waals surface area contributed by atoms with Crippen molar-refractivity contribution in [2.45, 2.75) is 19.4 Å². The summed E-state index contributed by atoms with van der Waals surface area (Å²) in [7, 11) is 0. The second-order valence-corrected chi connectivity index (χ2v) is 3.16. The predicted octanol–water partition coefficient (Wildman–Crippen LogP) is 2.24. The molecule has 0 amide bonds. The van der Waals surface area contributed by atoms with Gasteiger partial charge in [0.25, 0.3) is 0 Å². The Labute approximate surface area is 82.7 Å². The molecule has 1 heterocycles. The van der Waals surface area contributed by atoms with Crippen LogP contribution in [0.15, 0.2) is 41.6 Å². The van der Waals surface area contributed by atoms with Crippen molar-refractivity contribution in [2.75, 3.05) is 6.61 Å². The number of hydrogen-bond acceptors (Lipinski definition) is 2. The van der Waals surface area contributed by atoms with Crippen LogP contribution in [0.5, 0.6) is 0 Å². The number of hydrogen-bond donors (Lipinski definition) is 1. The van der Waals surface area contributed by atoms with Crippen LogP contribution < -0.4 is 0 Å². The topological polar surface area (TPSA) is 29.5 Å². The fourth-order valence-corrected chi connectivity index (χ4v) is 1.22. The van der Waals surface area contributed by atoms with E-state index in [9.17, 15) is 4.39 Å². The molecule has 1 atom stereocenters. The first-order valence-corrected chi connectivity index (χ1v) is 4.37. The van der Waals surface area contributed by atoms with Crippen LogP contribution in [-0.4, -0.2) is 17.8 Å². The molecule has 0 aromatic rings. The minimum Gasteiger partial charge on any atom is -0.495 e. The minimum absolute atomic E-state index is 0.0212. The van der Waals surface area contributed by atoms with E-state index in [1.807, 2.05) is 0 Å². The lowest BCUT2D eigenvalue weighted by atomic mass is 10.1. The Morgan fingerprint density at radius 3 is 3.14 bits per heavy atom. The zero-order valence-electron chi connectivity index (χ0n) is 8.09. The van der Waals surface area contributed by atoms with Crippen LogP contribution in [0.3, 0.4) is 0 Å². The first-order valence-electron chi connectivity index (χ1n) is 4.37. The van der Waals surface area contributed by atoms with Crippen molar-refractivity contribution >= 4 is 0 Å². The predicted molar refractivity (Wildman–Crippen MR) is 52.2 cm³/mol. The number of ether oxygens (including phenoxy) is 1. The van der Waals surface area contributed by atoms with Crippen molar-refractivity contribution in [1.82, 2.24) is 0 Å². The van der Waals surface area contributed by atoms with Gasteiger partial charge in [-0.2, -0.15) is 4.39 Å². The maximum Gasteiger partial charge on any atom is 0.167 e. The zero-order chi connectivity index (χ0) is 10.6. The molecule has 1 N–H and O–H groups in total. The average Bonchev–Trinajstić information content (AvgIpc) is 2.64. The Balaban J connectivity index is 2.66. The van der Waals surface area contributed by atoms with Gasteiger partial charge in [0, 0.05) is 6.42 Å². The summed E-state index contributed by atoms with van der Waals surface area (Å²) < 4.78 is 18.0. The van der Waals surface area contributed by atoms with E-state index in [2.05, 4.69) is 12.3 Å². The lowest BCUT2D eigenvalue weighted by molar-refractivity contribution is 0.0963. The van der Waals surface area contributed by atoms with E-state index in [0.29, 0.717) is 12.0 Å². The quantitative estimate of drug-likeness (QED) is 0.554. The molecule has 0 radical (unpaired) electrons. The van der Waals surface area contributed by atoms with Crippen LogP contribution in [-0.2, 0) is 4.74 Å². The summed E-state index contributed by atoms with van der Waals surface area (Å²) in [5, 5.41) is 8.79. The number of aliphatic hydroxyl groups excluding tert-OH is 1. The molecular formula is C11H13FO2. The molecule has 0 fully saturated rings. The third kappa shape index (κ3) is 2.59. The van der Waals surface area contributed by atoms with Crippen molar-refractivity contribution in [3.63, 3.8) is 0 Å². The largest absolute Gasteiger partial charge is 0.495 e. The van der Waals surface area contributed by atoms with Gasteiger partial charge in [0.05, 0.1) is 12.9 Å². The monoisotopic (exact) mass is 196 g/mol. The smallest absolute Gasteiger partial charge is 0.167 e. The Bertz CT molecular complexity index is 322. The van der Waals surface area contributed by atoms with E-state index in [4.69, 9.17) is 9.84 Å². The van der Waals surface area contributed by atoms with Crippen molar-refractivity contribution in [2.24, 2.45) is 0 Å². The molecular weight excluding hydrogens is 183 g/mol. The molecule has 0 aliphatic carbocycles. The highest BCUT2D eigenvalue weighted by Gasteiger charge is 2.16. The Morgan fingerprint density at radius 1 is 1.93 bits per heavy atom. The third-order valence-electron chi connectivity index (χ3n) is 1.98. The summed E-state index contributed by atoms with van der Waals surface area (Å²) in [6, 6.07) is 0. The van der Waals surface area contributed by atoms with Gasteiger partial charge in [-0.15, -0.1) is 0 Å². The average molecular weight is 196 g/mol.